The number of benzene rings is 2. The largest absolute Gasteiger partial charge is 0.381 e. The second-order valence-corrected chi connectivity index (χ2v) is 13.5. The van der Waals surface area contributed by atoms with Crippen LogP contribution in [0.15, 0.2) is 41.3 Å². The van der Waals surface area contributed by atoms with Gasteiger partial charge in [-0.15, -0.1) is 0 Å². The van der Waals surface area contributed by atoms with Crippen LogP contribution in [-0.2, 0) is 24.1 Å². The minimum Gasteiger partial charge on any atom is -0.381 e. The van der Waals surface area contributed by atoms with E-state index in [1.807, 2.05) is 0 Å². The van der Waals surface area contributed by atoms with Crippen molar-refractivity contribution in [2.45, 2.75) is 68.6 Å². The van der Waals surface area contributed by atoms with Gasteiger partial charge < -0.3 is 9.64 Å². The molecule has 9 heteroatoms. The highest BCUT2D eigenvalue weighted by atomic mass is 35.5. The Kier molecular flexibility index (Phi) is 7.28. The standard InChI is InChI=1S/C26H30Cl2FNO4S/c1-25(2,3)24(31)30(19-5-4-6-19)23-21(28)15-17(16-22(23)29)26(11-13-34-14-12-26)35(32,33)20-9-7-18(27)8-10-20/h7-10,15-16,19H,4-6,11-14H2,1-3H3. The van der Waals surface area contributed by atoms with Gasteiger partial charge in [0.15, 0.2) is 9.84 Å². The molecule has 4 rings (SSSR count). The molecule has 190 valence electrons. The first-order valence-corrected chi connectivity index (χ1v) is 14.0. The summed E-state index contributed by atoms with van der Waals surface area (Å²) in [6, 6.07) is 8.58. The van der Waals surface area contributed by atoms with Gasteiger partial charge in [0.25, 0.3) is 0 Å². The van der Waals surface area contributed by atoms with Gasteiger partial charge in [0.1, 0.15) is 10.6 Å². The molecule has 0 atom stereocenters. The van der Waals surface area contributed by atoms with Crippen LogP contribution in [0.1, 0.15) is 58.4 Å². The van der Waals surface area contributed by atoms with E-state index >= 15 is 4.39 Å². The molecule has 2 aromatic carbocycles. The molecule has 0 spiro atoms. The SMILES string of the molecule is CC(C)(C)C(=O)N(c1c(F)cc(C2(S(=O)(=O)c3ccc(Cl)cc3)CCOCC2)cc1Cl)C1CCC1. The van der Waals surface area contributed by atoms with E-state index < -0.39 is 25.8 Å². The zero-order chi connectivity index (χ0) is 25.6. The average molecular weight is 543 g/mol. The van der Waals surface area contributed by atoms with Gasteiger partial charge in [-0.25, -0.2) is 12.8 Å². The van der Waals surface area contributed by atoms with Crippen LogP contribution >= 0.6 is 23.2 Å². The number of ether oxygens (including phenoxy) is 1. The van der Waals surface area contributed by atoms with Gasteiger partial charge in [-0.2, -0.15) is 0 Å². The Morgan fingerprint density at radius 1 is 1.09 bits per heavy atom. The third kappa shape index (κ3) is 4.73. The lowest BCUT2D eigenvalue weighted by molar-refractivity contribution is -0.126. The fraction of sp³-hybridized carbons (Fsp3) is 0.500. The van der Waals surface area contributed by atoms with Crippen molar-refractivity contribution >= 4 is 44.6 Å². The van der Waals surface area contributed by atoms with Crippen molar-refractivity contribution in [3.8, 4) is 0 Å². The summed E-state index contributed by atoms with van der Waals surface area (Å²) >= 11 is 12.6. The van der Waals surface area contributed by atoms with Crippen molar-refractivity contribution in [2.24, 2.45) is 5.41 Å². The summed E-state index contributed by atoms with van der Waals surface area (Å²) in [6.07, 6.45) is 2.80. The smallest absolute Gasteiger partial charge is 0.232 e. The number of halogens is 3. The number of anilines is 1. The minimum atomic E-state index is -3.95. The predicted molar refractivity (Wildman–Crippen MR) is 136 cm³/mol. The van der Waals surface area contributed by atoms with Gasteiger partial charge in [-0.3, -0.25) is 4.79 Å². The molecule has 0 unspecified atom stereocenters. The van der Waals surface area contributed by atoms with E-state index in [-0.39, 0.29) is 59.2 Å². The van der Waals surface area contributed by atoms with Crippen LogP contribution in [0.5, 0.6) is 0 Å². The highest BCUT2D eigenvalue weighted by Crippen LogP contribution is 2.47. The normalized spacial score (nSPS) is 18.7. The molecule has 1 saturated heterocycles. The summed E-state index contributed by atoms with van der Waals surface area (Å²) in [7, 11) is -3.95. The van der Waals surface area contributed by atoms with E-state index in [0.717, 1.165) is 19.3 Å². The van der Waals surface area contributed by atoms with Crippen LogP contribution in [-0.4, -0.2) is 33.6 Å². The Morgan fingerprint density at radius 3 is 2.17 bits per heavy atom. The lowest BCUT2D eigenvalue weighted by Crippen LogP contribution is -2.49. The van der Waals surface area contributed by atoms with E-state index in [9.17, 15) is 13.2 Å². The van der Waals surface area contributed by atoms with Gasteiger partial charge in [0.05, 0.1) is 15.6 Å². The van der Waals surface area contributed by atoms with Crippen LogP contribution in [0.4, 0.5) is 10.1 Å². The maximum Gasteiger partial charge on any atom is 0.232 e. The number of sulfone groups is 1. The monoisotopic (exact) mass is 541 g/mol. The zero-order valence-corrected chi connectivity index (χ0v) is 22.4. The predicted octanol–water partition coefficient (Wildman–Crippen LogP) is 6.54. The first-order chi connectivity index (χ1) is 16.4. The molecule has 1 aliphatic heterocycles. The van der Waals surface area contributed by atoms with Crippen molar-refractivity contribution < 1.29 is 22.3 Å². The Balaban J connectivity index is 1.85. The molecule has 1 amide bonds. The van der Waals surface area contributed by atoms with Gasteiger partial charge >= 0.3 is 0 Å². The molecule has 1 saturated carbocycles. The summed E-state index contributed by atoms with van der Waals surface area (Å²) in [5, 5.41) is 0.449. The molecule has 2 aliphatic rings. The molecule has 0 bridgehead atoms. The average Bonchev–Trinajstić information content (AvgIpc) is 2.76. The summed E-state index contributed by atoms with van der Waals surface area (Å²) in [5.74, 6) is -0.917. The number of hydrogen-bond acceptors (Lipinski definition) is 4. The van der Waals surface area contributed by atoms with E-state index in [1.165, 1.54) is 41.3 Å². The maximum absolute atomic E-state index is 15.9. The third-order valence-corrected chi connectivity index (χ3v) is 10.1. The van der Waals surface area contributed by atoms with Gasteiger partial charge in [-0.05, 0) is 74.1 Å². The maximum atomic E-state index is 15.9. The zero-order valence-electron chi connectivity index (χ0n) is 20.1. The van der Waals surface area contributed by atoms with Crippen molar-refractivity contribution in [1.29, 1.82) is 0 Å². The first-order valence-electron chi connectivity index (χ1n) is 11.8. The molecule has 35 heavy (non-hydrogen) atoms. The lowest BCUT2D eigenvalue weighted by Gasteiger charge is -2.42. The second kappa shape index (κ2) is 9.66. The summed E-state index contributed by atoms with van der Waals surface area (Å²) in [5.41, 5.74) is -0.450. The fourth-order valence-electron chi connectivity index (χ4n) is 4.77. The molecule has 0 radical (unpaired) electrons. The van der Waals surface area contributed by atoms with Crippen LogP contribution in [0.2, 0.25) is 10.0 Å². The van der Waals surface area contributed by atoms with Crippen LogP contribution < -0.4 is 4.90 Å². The number of hydrogen-bond donors (Lipinski definition) is 0. The summed E-state index contributed by atoms with van der Waals surface area (Å²) in [4.78, 5) is 14.9. The molecule has 2 aromatic rings. The van der Waals surface area contributed by atoms with E-state index in [4.69, 9.17) is 27.9 Å². The molecule has 0 aromatic heterocycles. The molecule has 5 nitrogen and oxygen atoms in total. The summed E-state index contributed by atoms with van der Waals surface area (Å²) in [6.45, 7) is 5.79. The molecular formula is C26H30Cl2FNO4S. The lowest BCUT2D eigenvalue weighted by atomic mass is 9.86. The van der Waals surface area contributed by atoms with Crippen molar-refractivity contribution in [1.82, 2.24) is 0 Å². The topological polar surface area (TPSA) is 63.7 Å². The van der Waals surface area contributed by atoms with E-state index in [0.29, 0.717) is 5.02 Å². The van der Waals surface area contributed by atoms with Gasteiger partial charge in [0.2, 0.25) is 5.91 Å². The van der Waals surface area contributed by atoms with Crippen molar-refractivity contribution in [3.63, 3.8) is 0 Å². The number of carbonyl (C=O) groups is 1. The van der Waals surface area contributed by atoms with Gasteiger partial charge in [0, 0.05) is 29.7 Å². The van der Waals surface area contributed by atoms with E-state index in [1.54, 1.807) is 20.8 Å². The third-order valence-electron chi connectivity index (χ3n) is 7.02. The Bertz CT molecular complexity index is 1190. The highest BCUT2D eigenvalue weighted by Gasteiger charge is 2.48. The highest BCUT2D eigenvalue weighted by molar-refractivity contribution is 7.92. The van der Waals surface area contributed by atoms with Crippen LogP contribution in [0.25, 0.3) is 0 Å². The molecule has 0 N–H and O–H groups in total. The number of amides is 1. The van der Waals surface area contributed by atoms with Crippen LogP contribution in [0.3, 0.4) is 0 Å². The Labute approximate surface area is 216 Å². The Hall–Kier alpha value is -1.67. The number of rotatable bonds is 5. The number of nitrogens with zero attached hydrogens (tertiary/aromatic N) is 1. The van der Waals surface area contributed by atoms with Crippen molar-refractivity contribution in [3.05, 3.63) is 57.8 Å². The number of carbonyl (C=O) groups excluding carboxylic acids is 1. The fourth-order valence-corrected chi connectivity index (χ4v) is 7.27. The Morgan fingerprint density at radius 2 is 1.69 bits per heavy atom. The van der Waals surface area contributed by atoms with E-state index in [2.05, 4.69) is 0 Å². The molecule has 1 aliphatic carbocycles. The van der Waals surface area contributed by atoms with Crippen LogP contribution in [0, 0.1) is 11.2 Å². The quantitative estimate of drug-likeness (QED) is 0.430. The molecule has 2 fully saturated rings. The second-order valence-electron chi connectivity index (χ2n) is 10.4. The van der Waals surface area contributed by atoms with Crippen molar-refractivity contribution in [2.75, 3.05) is 18.1 Å². The summed E-state index contributed by atoms with van der Waals surface area (Å²) < 4.78 is 47.8. The molecular weight excluding hydrogens is 512 g/mol. The first kappa shape index (κ1) is 26.4. The van der Waals surface area contributed by atoms with Gasteiger partial charge in [-0.1, -0.05) is 44.0 Å². The minimum absolute atomic E-state index is 0.0196. The molecule has 1 heterocycles.